The first kappa shape index (κ1) is 23.9. The number of hydrogen-bond donors (Lipinski definition) is 1. The zero-order valence-corrected chi connectivity index (χ0v) is 20.9. The van der Waals surface area contributed by atoms with Crippen molar-refractivity contribution in [2.75, 3.05) is 12.3 Å². The third kappa shape index (κ3) is 5.36. The van der Waals surface area contributed by atoms with Crippen molar-refractivity contribution >= 4 is 23.6 Å². The van der Waals surface area contributed by atoms with Gasteiger partial charge in [0.05, 0.1) is 5.75 Å². The Morgan fingerprint density at radius 1 is 1.00 bits per heavy atom. The molecule has 1 atom stereocenters. The fraction of sp³-hybridized carbons (Fsp3) is 0.207. The van der Waals surface area contributed by atoms with Crippen molar-refractivity contribution in [3.63, 3.8) is 0 Å². The average molecular weight is 497 g/mol. The quantitative estimate of drug-likeness (QED) is 0.376. The maximum absolute atomic E-state index is 12.7. The van der Waals surface area contributed by atoms with Crippen molar-refractivity contribution in [2.45, 2.75) is 25.3 Å². The summed E-state index contributed by atoms with van der Waals surface area (Å²) in [6.07, 6.45) is 4.53. The van der Waals surface area contributed by atoms with Gasteiger partial charge in [-0.25, -0.2) is 4.98 Å². The molecule has 1 N–H and O–H groups in total. The fourth-order valence-electron chi connectivity index (χ4n) is 4.38. The summed E-state index contributed by atoms with van der Waals surface area (Å²) in [5.41, 5.74) is 4.93. The topological polar surface area (TPSA) is 67.2 Å². The summed E-state index contributed by atoms with van der Waals surface area (Å²) in [7, 11) is 0. The van der Waals surface area contributed by atoms with Crippen molar-refractivity contribution < 1.29 is 9.59 Å². The summed E-state index contributed by atoms with van der Waals surface area (Å²) in [6.45, 7) is 3.09. The van der Waals surface area contributed by atoms with E-state index in [4.69, 9.17) is 0 Å². The van der Waals surface area contributed by atoms with Gasteiger partial charge in [0, 0.05) is 36.7 Å². The Morgan fingerprint density at radius 2 is 1.75 bits per heavy atom. The van der Waals surface area contributed by atoms with Gasteiger partial charge in [-0.3, -0.25) is 9.59 Å². The van der Waals surface area contributed by atoms with E-state index in [1.807, 2.05) is 89.3 Å². The molecule has 0 aliphatic carbocycles. The number of nitrogens with one attached hydrogen (secondary N) is 1. The minimum atomic E-state index is -0.118. The van der Waals surface area contributed by atoms with Crippen molar-refractivity contribution in [1.82, 2.24) is 19.8 Å². The van der Waals surface area contributed by atoms with Crippen LogP contribution in [0.15, 0.2) is 91.3 Å². The number of benzene rings is 3. The molecule has 1 saturated heterocycles. The molecule has 0 saturated carbocycles. The van der Waals surface area contributed by atoms with E-state index in [0.29, 0.717) is 24.4 Å². The summed E-state index contributed by atoms with van der Waals surface area (Å²) >= 11 is 1.64. The van der Waals surface area contributed by atoms with E-state index in [0.717, 1.165) is 29.1 Å². The molecular weight excluding hydrogens is 468 g/mol. The molecule has 36 heavy (non-hydrogen) atoms. The molecule has 0 radical (unpaired) electrons. The maximum atomic E-state index is 12.7. The van der Waals surface area contributed by atoms with Crippen LogP contribution in [0.1, 0.15) is 38.2 Å². The van der Waals surface area contributed by atoms with Crippen LogP contribution in [0.25, 0.3) is 5.69 Å². The minimum Gasteiger partial charge on any atom is -0.348 e. The summed E-state index contributed by atoms with van der Waals surface area (Å²) < 4.78 is 2.02. The summed E-state index contributed by atoms with van der Waals surface area (Å²) in [4.78, 5) is 31.4. The molecule has 7 heteroatoms. The highest BCUT2D eigenvalue weighted by molar-refractivity contribution is 8.00. The number of rotatable bonds is 8. The molecule has 2 amide bonds. The molecule has 1 aliphatic rings. The monoisotopic (exact) mass is 496 g/mol. The Labute approximate surface area is 215 Å². The van der Waals surface area contributed by atoms with Crippen LogP contribution in [0.4, 0.5) is 0 Å². The van der Waals surface area contributed by atoms with Gasteiger partial charge in [-0.2, -0.15) is 0 Å². The van der Waals surface area contributed by atoms with Crippen molar-refractivity contribution in [3.05, 3.63) is 119 Å². The molecule has 1 fully saturated rings. The van der Waals surface area contributed by atoms with Gasteiger partial charge < -0.3 is 14.8 Å². The molecule has 3 aromatic carbocycles. The SMILES string of the molecule is Cc1nccn1-c1ccc(CNC(=O)c2ccc(C3SCC(=O)N3CCc3ccccc3)cc2)cc1. The van der Waals surface area contributed by atoms with Crippen LogP contribution in [0, 0.1) is 6.92 Å². The van der Waals surface area contributed by atoms with Crippen LogP contribution >= 0.6 is 11.8 Å². The Balaban J connectivity index is 1.18. The fourth-order valence-corrected chi connectivity index (χ4v) is 5.59. The van der Waals surface area contributed by atoms with E-state index in [1.54, 1.807) is 18.0 Å². The predicted octanol–water partition coefficient (Wildman–Crippen LogP) is 4.93. The first-order valence-corrected chi connectivity index (χ1v) is 13.1. The Bertz CT molecular complexity index is 1330. The number of nitrogens with zero attached hydrogens (tertiary/aromatic N) is 3. The molecule has 4 aromatic rings. The summed E-state index contributed by atoms with van der Waals surface area (Å²) in [5.74, 6) is 1.46. The lowest BCUT2D eigenvalue weighted by Crippen LogP contribution is -2.30. The second kappa shape index (κ2) is 10.8. The smallest absolute Gasteiger partial charge is 0.251 e. The number of imidazole rings is 1. The largest absolute Gasteiger partial charge is 0.348 e. The van der Waals surface area contributed by atoms with Gasteiger partial charge in [-0.1, -0.05) is 54.6 Å². The van der Waals surface area contributed by atoms with Crippen LogP contribution in [0.3, 0.4) is 0 Å². The number of aryl methyl sites for hydroxylation is 1. The number of hydrogen-bond acceptors (Lipinski definition) is 4. The zero-order valence-electron chi connectivity index (χ0n) is 20.1. The van der Waals surface area contributed by atoms with Gasteiger partial charge in [-0.05, 0) is 54.3 Å². The van der Waals surface area contributed by atoms with E-state index in [9.17, 15) is 9.59 Å². The minimum absolute atomic E-state index is 0.0176. The molecule has 182 valence electrons. The van der Waals surface area contributed by atoms with Crippen LogP contribution in [0.5, 0.6) is 0 Å². The van der Waals surface area contributed by atoms with Gasteiger partial charge in [0.15, 0.2) is 0 Å². The molecular formula is C29H28N4O2S. The molecule has 1 aliphatic heterocycles. The van der Waals surface area contributed by atoms with Crippen LogP contribution < -0.4 is 5.32 Å². The highest BCUT2D eigenvalue weighted by atomic mass is 32.2. The molecule has 0 spiro atoms. The van der Waals surface area contributed by atoms with E-state index < -0.39 is 0 Å². The van der Waals surface area contributed by atoms with Gasteiger partial charge in [0.1, 0.15) is 11.2 Å². The van der Waals surface area contributed by atoms with Gasteiger partial charge in [-0.15, -0.1) is 11.8 Å². The molecule has 0 bridgehead atoms. The van der Waals surface area contributed by atoms with Crippen molar-refractivity contribution in [2.24, 2.45) is 0 Å². The first-order valence-electron chi connectivity index (χ1n) is 12.0. The van der Waals surface area contributed by atoms with Crippen molar-refractivity contribution in [1.29, 1.82) is 0 Å². The van der Waals surface area contributed by atoms with E-state index in [2.05, 4.69) is 22.4 Å². The number of carbonyl (C=O) groups excluding carboxylic acids is 2. The molecule has 1 unspecified atom stereocenters. The highest BCUT2D eigenvalue weighted by Crippen LogP contribution is 2.38. The molecule has 1 aromatic heterocycles. The summed E-state index contributed by atoms with van der Waals surface area (Å²) in [6, 6.07) is 25.9. The zero-order chi connectivity index (χ0) is 24.9. The lowest BCUT2D eigenvalue weighted by Gasteiger charge is -2.24. The molecule has 6 nitrogen and oxygen atoms in total. The second-order valence-corrected chi connectivity index (χ2v) is 9.87. The number of thioether (sulfide) groups is 1. The molecule has 5 rings (SSSR count). The Morgan fingerprint density at radius 3 is 2.44 bits per heavy atom. The lowest BCUT2D eigenvalue weighted by atomic mass is 10.1. The Hall–Kier alpha value is -3.84. The second-order valence-electron chi connectivity index (χ2n) is 8.80. The Kier molecular flexibility index (Phi) is 7.18. The van der Waals surface area contributed by atoms with E-state index in [1.165, 1.54) is 5.56 Å². The van der Waals surface area contributed by atoms with E-state index >= 15 is 0 Å². The summed E-state index contributed by atoms with van der Waals surface area (Å²) in [5, 5.41) is 2.98. The highest BCUT2D eigenvalue weighted by Gasteiger charge is 2.32. The lowest BCUT2D eigenvalue weighted by molar-refractivity contribution is -0.128. The normalized spacial score (nSPS) is 15.3. The van der Waals surface area contributed by atoms with Crippen LogP contribution in [0.2, 0.25) is 0 Å². The van der Waals surface area contributed by atoms with Crippen LogP contribution in [-0.2, 0) is 17.8 Å². The number of carbonyl (C=O) groups is 2. The first-order chi connectivity index (χ1) is 17.6. The van der Waals surface area contributed by atoms with Gasteiger partial charge >= 0.3 is 0 Å². The molecule has 2 heterocycles. The van der Waals surface area contributed by atoms with Gasteiger partial charge in [0.2, 0.25) is 5.91 Å². The predicted molar refractivity (Wildman–Crippen MR) is 143 cm³/mol. The van der Waals surface area contributed by atoms with Gasteiger partial charge in [0.25, 0.3) is 5.91 Å². The number of aromatic nitrogens is 2. The average Bonchev–Trinajstić information content (AvgIpc) is 3.52. The third-order valence-corrected chi connectivity index (χ3v) is 7.66. The maximum Gasteiger partial charge on any atom is 0.251 e. The van der Waals surface area contributed by atoms with Crippen molar-refractivity contribution in [3.8, 4) is 5.69 Å². The van der Waals surface area contributed by atoms with Crippen LogP contribution in [-0.4, -0.2) is 38.6 Å². The van der Waals surface area contributed by atoms with E-state index in [-0.39, 0.29) is 17.2 Å². The number of amides is 2. The third-order valence-electron chi connectivity index (χ3n) is 6.40. The standard InChI is InChI=1S/C29H28N4O2S/c1-21-30-16-18-32(21)26-13-7-23(8-14-26)19-31-28(35)24-9-11-25(12-10-24)29-33(27(34)20-36-29)17-15-22-5-3-2-4-6-22/h2-14,16,18,29H,15,17,19-20H2,1H3,(H,31,35).